The van der Waals surface area contributed by atoms with E-state index in [1.165, 1.54) is 4.57 Å². The highest BCUT2D eigenvalue weighted by atomic mass is 35.5. The Bertz CT molecular complexity index is 1440. The Morgan fingerprint density at radius 3 is 2.75 bits per heavy atom. The summed E-state index contributed by atoms with van der Waals surface area (Å²) in [7, 11) is 0. The van der Waals surface area contributed by atoms with E-state index in [0.717, 1.165) is 12.8 Å². The molecule has 3 heterocycles. The Morgan fingerprint density at radius 2 is 2.06 bits per heavy atom. The molecule has 5 rings (SSSR count). The molecule has 1 unspecified atom stereocenters. The van der Waals surface area contributed by atoms with Crippen LogP contribution in [-0.2, 0) is 0 Å². The molecule has 1 aromatic carbocycles. The molecule has 1 aliphatic rings. The quantitative estimate of drug-likeness (QED) is 0.378. The Balaban J connectivity index is 1.75. The van der Waals surface area contributed by atoms with Gasteiger partial charge in [-0.1, -0.05) is 29.3 Å². The monoisotopic (exact) mass is 467 g/mol. The fourth-order valence-electron chi connectivity index (χ4n) is 3.64. The summed E-state index contributed by atoms with van der Waals surface area (Å²) < 4.78 is 1.44. The van der Waals surface area contributed by atoms with Crippen molar-refractivity contribution in [2.24, 2.45) is 5.92 Å². The lowest BCUT2D eigenvalue weighted by molar-refractivity contribution is 0.605. The van der Waals surface area contributed by atoms with E-state index in [2.05, 4.69) is 25.5 Å². The smallest absolute Gasteiger partial charge is 0.268 e. The van der Waals surface area contributed by atoms with Gasteiger partial charge in [-0.15, -0.1) is 0 Å². The van der Waals surface area contributed by atoms with Gasteiger partial charge in [-0.25, -0.2) is 9.55 Å². The molecule has 12 heteroatoms. The number of nitrogens with zero attached hydrogens (tertiary/aromatic N) is 6. The van der Waals surface area contributed by atoms with E-state index in [0.29, 0.717) is 27.6 Å². The zero-order valence-electron chi connectivity index (χ0n) is 16.4. The van der Waals surface area contributed by atoms with Crippen LogP contribution in [0.2, 0.25) is 10.2 Å². The summed E-state index contributed by atoms with van der Waals surface area (Å²) in [6.07, 6.45) is 3.35. The number of nitriles is 1. The molecule has 1 saturated carbocycles. The fraction of sp³-hybridized carbons (Fsp3) is 0.200. The van der Waals surface area contributed by atoms with Crippen molar-refractivity contribution < 1.29 is 0 Å². The van der Waals surface area contributed by atoms with E-state index in [4.69, 9.17) is 33.9 Å². The van der Waals surface area contributed by atoms with E-state index in [-0.39, 0.29) is 34.0 Å². The molecule has 10 nitrogen and oxygen atoms in total. The Kier molecular flexibility index (Phi) is 4.92. The zero-order chi connectivity index (χ0) is 22.4. The van der Waals surface area contributed by atoms with Gasteiger partial charge in [0.25, 0.3) is 5.56 Å². The van der Waals surface area contributed by atoms with E-state index < -0.39 is 6.04 Å². The Hall–Kier alpha value is -3.68. The van der Waals surface area contributed by atoms with E-state index >= 15 is 0 Å². The van der Waals surface area contributed by atoms with Gasteiger partial charge in [-0.05, 0) is 30.9 Å². The van der Waals surface area contributed by atoms with Gasteiger partial charge in [-0.2, -0.15) is 20.3 Å². The number of nitrogen functional groups attached to an aromatic ring is 1. The maximum absolute atomic E-state index is 13.5. The first-order valence-corrected chi connectivity index (χ1v) is 10.4. The summed E-state index contributed by atoms with van der Waals surface area (Å²) in [6, 6.07) is 8.31. The van der Waals surface area contributed by atoms with Gasteiger partial charge in [0.2, 0.25) is 5.95 Å². The summed E-state index contributed by atoms with van der Waals surface area (Å²) in [4.78, 5) is 26.3. The Morgan fingerprint density at radius 1 is 1.25 bits per heavy atom. The molecule has 1 fully saturated rings. The largest absolute Gasteiger partial charge is 0.368 e. The predicted molar refractivity (Wildman–Crippen MR) is 120 cm³/mol. The molecule has 0 spiro atoms. The minimum Gasteiger partial charge on any atom is -0.368 e. The van der Waals surface area contributed by atoms with Gasteiger partial charge >= 0.3 is 0 Å². The van der Waals surface area contributed by atoms with Crippen LogP contribution in [0.5, 0.6) is 0 Å². The van der Waals surface area contributed by atoms with Crippen LogP contribution in [0.1, 0.15) is 30.3 Å². The van der Waals surface area contributed by atoms with Crippen molar-refractivity contribution in [1.29, 1.82) is 5.26 Å². The third kappa shape index (κ3) is 3.41. The summed E-state index contributed by atoms with van der Waals surface area (Å²) in [5.74, 6) is 1.11. The summed E-state index contributed by atoms with van der Waals surface area (Å²) in [5, 5.41) is 20.1. The maximum atomic E-state index is 13.5. The standard InChI is InChI=1S/C20H15Cl2N9O/c21-11-2-1-3-12-14(11)19(32)31(13-6-7-25-30-13)18(26-12)15(9-4-5-9)27-17-10(8-23)16(22)28-20(24)29-17/h1-3,6-7,9,15H,4-5H2,(H,25,30)(H3,24,27,28,29). The second kappa shape index (κ2) is 7.78. The van der Waals surface area contributed by atoms with Gasteiger partial charge in [0.15, 0.2) is 11.0 Å². The minimum absolute atomic E-state index is 0.0544. The lowest BCUT2D eigenvalue weighted by atomic mass is 10.1. The molecule has 4 N–H and O–H groups in total. The molecule has 4 aromatic rings. The fourth-order valence-corrected chi connectivity index (χ4v) is 4.11. The van der Waals surface area contributed by atoms with Crippen molar-refractivity contribution in [3.63, 3.8) is 0 Å². The zero-order valence-corrected chi connectivity index (χ0v) is 17.9. The van der Waals surface area contributed by atoms with E-state index in [1.807, 2.05) is 6.07 Å². The van der Waals surface area contributed by atoms with Crippen LogP contribution >= 0.6 is 23.2 Å². The second-order valence-corrected chi connectivity index (χ2v) is 8.12. The number of H-pyrrole nitrogens is 1. The van der Waals surface area contributed by atoms with Crippen molar-refractivity contribution >= 4 is 45.9 Å². The molecule has 1 atom stereocenters. The number of benzene rings is 1. The minimum atomic E-state index is -0.466. The van der Waals surface area contributed by atoms with Gasteiger partial charge in [0.05, 0.1) is 28.2 Å². The molecule has 3 aromatic heterocycles. The SMILES string of the molecule is N#Cc1c(Cl)nc(N)nc1NC(c1nc2cccc(Cl)c2c(=O)n1-c1ccn[nH]1)C1CC1. The number of hydrogen-bond acceptors (Lipinski definition) is 8. The van der Waals surface area contributed by atoms with Crippen LogP contribution in [0.3, 0.4) is 0 Å². The second-order valence-electron chi connectivity index (χ2n) is 7.35. The van der Waals surface area contributed by atoms with Gasteiger partial charge < -0.3 is 11.1 Å². The van der Waals surface area contributed by atoms with Crippen LogP contribution in [0.4, 0.5) is 11.8 Å². The van der Waals surface area contributed by atoms with Crippen molar-refractivity contribution in [3.05, 3.63) is 62.4 Å². The van der Waals surface area contributed by atoms with Crippen LogP contribution in [-0.4, -0.2) is 29.7 Å². The molecule has 0 saturated heterocycles. The highest BCUT2D eigenvalue weighted by Crippen LogP contribution is 2.43. The lowest BCUT2D eigenvalue weighted by Gasteiger charge is -2.23. The van der Waals surface area contributed by atoms with Crippen LogP contribution in [0, 0.1) is 17.2 Å². The number of nitrogens with two attached hydrogens (primary N) is 1. The molecule has 0 amide bonds. The van der Waals surface area contributed by atoms with Gasteiger partial charge in [-0.3, -0.25) is 9.89 Å². The number of hydrogen-bond donors (Lipinski definition) is 3. The normalized spacial score (nSPS) is 14.3. The van der Waals surface area contributed by atoms with Crippen LogP contribution in [0.15, 0.2) is 35.3 Å². The molecular formula is C20H15Cl2N9O. The van der Waals surface area contributed by atoms with Crippen molar-refractivity contribution in [2.45, 2.75) is 18.9 Å². The summed E-state index contributed by atoms with van der Waals surface area (Å²) in [6.45, 7) is 0. The van der Waals surface area contributed by atoms with Gasteiger partial charge in [0, 0.05) is 6.07 Å². The number of rotatable bonds is 5. The number of halogens is 2. The third-order valence-corrected chi connectivity index (χ3v) is 5.85. The average molecular weight is 468 g/mol. The summed E-state index contributed by atoms with van der Waals surface area (Å²) >= 11 is 12.4. The first kappa shape index (κ1) is 20.2. The first-order chi connectivity index (χ1) is 15.5. The molecular weight excluding hydrogens is 453 g/mol. The average Bonchev–Trinajstić information content (AvgIpc) is 3.45. The van der Waals surface area contributed by atoms with Crippen LogP contribution < -0.4 is 16.6 Å². The predicted octanol–water partition coefficient (Wildman–Crippen LogP) is 3.22. The van der Waals surface area contributed by atoms with Crippen LogP contribution in [0.25, 0.3) is 16.7 Å². The summed E-state index contributed by atoms with van der Waals surface area (Å²) in [5.41, 5.74) is 5.94. The molecule has 0 radical (unpaired) electrons. The molecule has 32 heavy (non-hydrogen) atoms. The van der Waals surface area contributed by atoms with E-state index in [9.17, 15) is 10.1 Å². The van der Waals surface area contributed by atoms with E-state index in [1.54, 1.807) is 30.5 Å². The number of nitrogens with one attached hydrogen (secondary N) is 2. The topological polar surface area (TPSA) is 151 Å². The number of fused-ring (bicyclic) bond motifs is 1. The number of aromatic nitrogens is 6. The van der Waals surface area contributed by atoms with Crippen molar-refractivity contribution in [1.82, 2.24) is 29.7 Å². The molecule has 0 aliphatic heterocycles. The molecule has 160 valence electrons. The third-order valence-electron chi connectivity index (χ3n) is 5.26. The highest BCUT2D eigenvalue weighted by molar-refractivity contribution is 6.35. The van der Waals surface area contributed by atoms with Crippen molar-refractivity contribution in [2.75, 3.05) is 11.1 Å². The first-order valence-electron chi connectivity index (χ1n) is 9.68. The Labute approximate surface area is 191 Å². The maximum Gasteiger partial charge on any atom is 0.268 e. The van der Waals surface area contributed by atoms with Crippen molar-refractivity contribution in [3.8, 4) is 11.9 Å². The number of anilines is 2. The molecule has 1 aliphatic carbocycles. The number of aromatic amines is 1. The highest BCUT2D eigenvalue weighted by Gasteiger charge is 2.37. The lowest BCUT2D eigenvalue weighted by Crippen LogP contribution is -2.30. The molecule has 0 bridgehead atoms. The van der Waals surface area contributed by atoms with Gasteiger partial charge in [0.1, 0.15) is 23.3 Å².